The standard InChI is InChI=1S/C11H18BNO5/c1-11(2,3)18-10(15)7-13-5-4-8(12(16)17)6-9(13)14/h4-6,9,14,16-17H,7H2,1-3H3. The molecule has 0 aromatic rings. The Kier molecular flexibility index (Phi) is 4.56. The Morgan fingerprint density at radius 3 is 2.56 bits per heavy atom. The van der Waals surface area contributed by atoms with Gasteiger partial charge in [0.25, 0.3) is 0 Å². The van der Waals surface area contributed by atoms with Crippen LogP contribution in [0.3, 0.4) is 0 Å². The molecule has 7 heteroatoms. The van der Waals surface area contributed by atoms with Crippen LogP contribution in [0.1, 0.15) is 20.8 Å². The second-order valence-corrected chi connectivity index (χ2v) is 5.03. The van der Waals surface area contributed by atoms with Gasteiger partial charge < -0.3 is 24.8 Å². The van der Waals surface area contributed by atoms with Gasteiger partial charge in [-0.25, -0.2) is 0 Å². The van der Waals surface area contributed by atoms with E-state index in [1.54, 1.807) is 20.8 Å². The van der Waals surface area contributed by atoms with Gasteiger partial charge in [0, 0.05) is 6.20 Å². The number of allylic oxidation sites excluding steroid dienone is 2. The van der Waals surface area contributed by atoms with E-state index in [2.05, 4.69) is 0 Å². The molecule has 0 amide bonds. The summed E-state index contributed by atoms with van der Waals surface area (Å²) < 4.78 is 5.12. The monoisotopic (exact) mass is 255 g/mol. The molecule has 100 valence electrons. The van der Waals surface area contributed by atoms with Gasteiger partial charge in [-0.1, -0.05) is 0 Å². The first-order chi connectivity index (χ1) is 8.19. The number of carbonyl (C=O) groups is 1. The quantitative estimate of drug-likeness (QED) is 0.461. The van der Waals surface area contributed by atoms with Gasteiger partial charge in [0.15, 0.2) is 0 Å². The van der Waals surface area contributed by atoms with Gasteiger partial charge in [0.2, 0.25) is 0 Å². The zero-order valence-corrected chi connectivity index (χ0v) is 10.7. The Labute approximate surface area is 106 Å². The Bertz CT molecular complexity index is 372. The molecule has 18 heavy (non-hydrogen) atoms. The van der Waals surface area contributed by atoms with Crippen LogP contribution in [0.15, 0.2) is 23.8 Å². The lowest BCUT2D eigenvalue weighted by atomic mass is 9.78. The average molecular weight is 255 g/mol. The summed E-state index contributed by atoms with van der Waals surface area (Å²) in [6.45, 7) is 5.16. The van der Waals surface area contributed by atoms with E-state index >= 15 is 0 Å². The Morgan fingerprint density at radius 1 is 1.50 bits per heavy atom. The van der Waals surface area contributed by atoms with Gasteiger partial charge >= 0.3 is 13.1 Å². The Hall–Kier alpha value is -1.31. The van der Waals surface area contributed by atoms with E-state index in [9.17, 15) is 9.90 Å². The minimum atomic E-state index is -1.64. The highest BCUT2D eigenvalue weighted by molar-refractivity contribution is 6.51. The molecule has 0 aromatic heterocycles. The Balaban J connectivity index is 2.57. The molecule has 0 saturated carbocycles. The zero-order chi connectivity index (χ0) is 13.9. The summed E-state index contributed by atoms with van der Waals surface area (Å²) in [6.07, 6.45) is 3.01. The molecule has 0 fully saturated rings. The van der Waals surface area contributed by atoms with Gasteiger partial charge in [0.1, 0.15) is 18.4 Å². The smallest absolute Gasteiger partial charge is 0.459 e. The first-order valence-electron chi connectivity index (χ1n) is 5.61. The largest absolute Gasteiger partial charge is 0.488 e. The molecule has 1 aliphatic rings. The average Bonchev–Trinajstić information content (AvgIpc) is 2.17. The van der Waals surface area contributed by atoms with Crippen LogP contribution < -0.4 is 0 Å². The van der Waals surface area contributed by atoms with Crippen LogP contribution in [0, 0.1) is 0 Å². The van der Waals surface area contributed by atoms with Crippen molar-refractivity contribution in [2.24, 2.45) is 0 Å². The molecule has 0 bridgehead atoms. The fraction of sp³-hybridized carbons (Fsp3) is 0.545. The molecule has 0 aromatic carbocycles. The lowest BCUT2D eigenvalue weighted by Gasteiger charge is -2.28. The number of esters is 1. The summed E-state index contributed by atoms with van der Waals surface area (Å²) in [6, 6.07) is 0. The fourth-order valence-electron chi connectivity index (χ4n) is 1.43. The highest BCUT2D eigenvalue weighted by atomic mass is 16.6. The predicted molar refractivity (Wildman–Crippen MR) is 66.0 cm³/mol. The van der Waals surface area contributed by atoms with Crippen LogP contribution in [0.4, 0.5) is 0 Å². The molecule has 1 rings (SSSR count). The van der Waals surface area contributed by atoms with Crippen molar-refractivity contribution in [2.45, 2.75) is 32.6 Å². The Morgan fingerprint density at radius 2 is 2.11 bits per heavy atom. The minimum absolute atomic E-state index is 0.111. The third-order valence-corrected chi connectivity index (χ3v) is 2.17. The van der Waals surface area contributed by atoms with Crippen LogP contribution in [-0.2, 0) is 9.53 Å². The number of hydrogen-bond acceptors (Lipinski definition) is 6. The lowest BCUT2D eigenvalue weighted by Crippen LogP contribution is -2.39. The van der Waals surface area contributed by atoms with Gasteiger partial charge in [-0.15, -0.1) is 0 Å². The summed E-state index contributed by atoms with van der Waals surface area (Å²) in [5.41, 5.74) is -0.396. The number of rotatable bonds is 3. The lowest BCUT2D eigenvalue weighted by molar-refractivity contribution is -0.157. The van der Waals surface area contributed by atoms with E-state index < -0.39 is 24.9 Å². The molecule has 0 spiro atoms. The molecule has 0 aliphatic carbocycles. The van der Waals surface area contributed by atoms with E-state index in [4.69, 9.17) is 14.8 Å². The number of aliphatic hydroxyl groups is 1. The van der Waals surface area contributed by atoms with Crippen LogP contribution in [0.25, 0.3) is 0 Å². The fourth-order valence-corrected chi connectivity index (χ4v) is 1.43. The van der Waals surface area contributed by atoms with Gasteiger partial charge in [-0.3, -0.25) is 4.79 Å². The van der Waals surface area contributed by atoms with Crippen LogP contribution in [0.2, 0.25) is 0 Å². The number of aliphatic hydroxyl groups excluding tert-OH is 1. The minimum Gasteiger partial charge on any atom is -0.459 e. The summed E-state index contributed by atoms with van der Waals surface area (Å²) >= 11 is 0. The molecule has 0 saturated heterocycles. The summed E-state index contributed by atoms with van der Waals surface area (Å²) in [5.74, 6) is -0.465. The van der Waals surface area contributed by atoms with Gasteiger partial charge in [-0.2, -0.15) is 0 Å². The molecule has 1 aliphatic heterocycles. The third kappa shape index (κ3) is 4.52. The molecule has 1 atom stereocenters. The summed E-state index contributed by atoms with van der Waals surface area (Å²) in [5, 5.41) is 27.6. The maximum absolute atomic E-state index is 11.6. The number of ether oxygens (including phenoxy) is 1. The van der Waals surface area contributed by atoms with E-state index in [0.29, 0.717) is 0 Å². The van der Waals surface area contributed by atoms with E-state index in [1.165, 1.54) is 23.3 Å². The summed E-state index contributed by atoms with van der Waals surface area (Å²) in [4.78, 5) is 12.9. The first-order valence-corrected chi connectivity index (χ1v) is 5.61. The zero-order valence-electron chi connectivity index (χ0n) is 10.7. The highest BCUT2D eigenvalue weighted by Gasteiger charge is 2.24. The molecular weight excluding hydrogens is 237 g/mol. The first kappa shape index (κ1) is 14.8. The number of carbonyl (C=O) groups excluding carboxylic acids is 1. The highest BCUT2D eigenvalue weighted by Crippen LogP contribution is 2.14. The van der Waals surface area contributed by atoms with Crippen molar-refractivity contribution in [1.82, 2.24) is 4.90 Å². The number of hydrogen-bond donors (Lipinski definition) is 3. The van der Waals surface area contributed by atoms with Crippen molar-refractivity contribution in [2.75, 3.05) is 6.54 Å². The maximum atomic E-state index is 11.6. The van der Waals surface area contributed by atoms with Crippen molar-refractivity contribution < 1.29 is 24.7 Å². The topological polar surface area (TPSA) is 90.2 Å². The van der Waals surface area contributed by atoms with Crippen molar-refractivity contribution in [3.8, 4) is 0 Å². The molecule has 6 nitrogen and oxygen atoms in total. The van der Waals surface area contributed by atoms with Crippen LogP contribution in [-0.4, -0.2) is 51.5 Å². The molecule has 1 heterocycles. The van der Waals surface area contributed by atoms with E-state index in [0.717, 1.165) is 0 Å². The second kappa shape index (κ2) is 5.56. The van der Waals surface area contributed by atoms with Crippen molar-refractivity contribution >= 4 is 13.1 Å². The second-order valence-electron chi connectivity index (χ2n) is 5.03. The van der Waals surface area contributed by atoms with E-state index in [-0.39, 0.29) is 12.0 Å². The predicted octanol–water partition coefficient (Wildman–Crippen LogP) is -0.586. The number of nitrogens with zero attached hydrogens (tertiary/aromatic N) is 1. The van der Waals surface area contributed by atoms with Crippen LogP contribution in [0.5, 0.6) is 0 Å². The van der Waals surface area contributed by atoms with Crippen molar-refractivity contribution in [3.63, 3.8) is 0 Å². The normalized spacial score (nSPS) is 19.6. The van der Waals surface area contributed by atoms with Crippen LogP contribution >= 0.6 is 0 Å². The SMILES string of the molecule is CC(C)(C)OC(=O)CN1C=CC(B(O)O)=CC1O. The van der Waals surface area contributed by atoms with Crippen molar-refractivity contribution in [1.29, 1.82) is 0 Å². The molecular formula is C11H18BNO5. The van der Waals surface area contributed by atoms with E-state index in [1.807, 2.05) is 0 Å². The molecule has 1 unspecified atom stereocenters. The molecule has 3 N–H and O–H groups in total. The summed E-state index contributed by atoms with van der Waals surface area (Å²) in [7, 11) is -1.64. The van der Waals surface area contributed by atoms with Crippen molar-refractivity contribution in [3.05, 3.63) is 23.8 Å². The maximum Gasteiger partial charge on any atom is 0.488 e. The molecule has 0 radical (unpaired) electrons. The van der Waals surface area contributed by atoms with Gasteiger partial charge in [0.05, 0.1) is 0 Å². The van der Waals surface area contributed by atoms with Gasteiger partial charge in [-0.05, 0) is 38.4 Å². The third-order valence-electron chi connectivity index (χ3n) is 2.17.